The summed E-state index contributed by atoms with van der Waals surface area (Å²) in [6, 6.07) is 15.6. The molecule has 2 aromatic rings. The van der Waals surface area contributed by atoms with E-state index in [0.717, 1.165) is 5.56 Å². The van der Waals surface area contributed by atoms with E-state index in [1.54, 1.807) is 12.1 Å². The zero-order chi connectivity index (χ0) is 15.9. The molecule has 2 rings (SSSR count). The first kappa shape index (κ1) is 16.3. The second-order valence-electron chi connectivity index (χ2n) is 5.02. The zero-order valence-corrected chi connectivity index (χ0v) is 13.1. The van der Waals surface area contributed by atoms with E-state index < -0.39 is 5.91 Å². The lowest BCUT2D eigenvalue weighted by atomic mass is 10.1. The van der Waals surface area contributed by atoms with Gasteiger partial charge in [-0.2, -0.15) is 0 Å². The van der Waals surface area contributed by atoms with E-state index in [0.29, 0.717) is 17.3 Å². The molecule has 0 radical (unpaired) electrons. The summed E-state index contributed by atoms with van der Waals surface area (Å²) in [5, 5.41) is 4.04. The van der Waals surface area contributed by atoms with E-state index >= 15 is 0 Å². The molecule has 2 aromatic carbocycles. The maximum absolute atomic E-state index is 10.9. The fourth-order valence-electron chi connectivity index (χ4n) is 2.10. The highest BCUT2D eigenvalue weighted by Gasteiger charge is 2.09. The third-order valence-corrected chi connectivity index (χ3v) is 3.53. The van der Waals surface area contributed by atoms with Crippen molar-refractivity contribution in [2.75, 3.05) is 6.61 Å². The van der Waals surface area contributed by atoms with Crippen molar-refractivity contribution in [2.45, 2.75) is 19.5 Å². The predicted octanol–water partition coefficient (Wildman–Crippen LogP) is 3.05. The van der Waals surface area contributed by atoms with Crippen molar-refractivity contribution in [3.8, 4) is 5.75 Å². The number of ether oxygens (including phenoxy) is 1. The molecule has 5 heteroatoms. The van der Waals surface area contributed by atoms with Crippen molar-refractivity contribution in [3.63, 3.8) is 0 Å². The Labute approximate surface area is 135 Å². The molecular formula is C17H19ClN2O2. The van der Waals surface area contributed by atoms with Crippen LogP contribution in [0.4, 0.5) is 0 Å². The summed E-state index contributed by atoms with van der Waals surface area (Å²) in [6.45, 7) is 2.51. The van der Waals surface area contributed by atoms with E-state index in [1.165, 1.54) is 5.56 Å². The first-order valence-electron chi connectivity index (χ1n) is 7.04. The topological polar surface area (TPSA) is 64.3 Å². The summed E-state index contributed by atoms with van der Waals surface area (Å²) >= 11 is 6.04. The van der Waals surface area contributed by atoms with Crippen LogP contribution in [0.2, 0.25) is 5.02 Å². The smallest absolute Gasteiger partial charge is 0.255 e. The summed E-state index contributed by atoms with van der Waals surface area (Å²) in [5.74, 6) is 0.0995. The van der Waals surface area contributed by atoms with Gasteiger partial charge in [-0.3, -0.25) is 4.79 Å². The van der Waals surface area contributed by atoms with Gasteiger partial charge in [0.15, 0.2) is 6.61 Å². The van der Waals surface area contributed by atoms with Crippen LogP contribution in [0.5, 0.6) is 5.75 Å². The Morgan fingerprint density at radius 3 is 2.68 bits per heavy atom. The number of nitrogens with one attached hydrogen (secondary N) is 1. The van der Waals surface area contributed by atoms with Gasteiger partial charge in [-0.15, -0.1) is 0 Å². The van der Waals surface area contributed by atoms with Crippen LogP contribution < -0.4 is 15.8 Å². The molecule has 0 unspecified atom stereocenters. The molecule has 0 saturated carbocycles. The van der Waals surface area contributed by atoms with Crippen LogP contribution in [0.3, 0.4) is 0 Å². The summed E-state index contributed by atoms with van der Waals surface area (Å²) < 4.78 is 5.42. The Morgan fingerprint density at radius 1 is 1.27 bits per heavy atom. The molecule has 0 aliphatic carbocycles. The molecule has 0 spiro atoms. The average molecular weight is 319 g/mol. The van der Waals surface area contributed by atoms with E-state index in [2.05, 4.69) is 24.4 Å². The number of nitrogens with two attached hydrogens (primary N) is 1. The largest absolute Gasteiger partial charge is 0.483 e. The molecule has 0 aliphatic heterocycles. The van der Waals surface area contributed by atoms with Crippen molar-refractivity contribution >= 4 is 17.5 Å². The Bertz CT molecular complexity index is 632. The number of carbonyl (C=O) groups excluding carboxylic acids is 1. The number of halogens is 1. The van der Waals surface area contributed by atoms with Gasteiger partial charge >= 0.3 is 0 Å². The molecule has 0 bridgehead atoms. The fourth-order valence-corrected chi connectivity index (χ4v) is 2.29. The van der Waals surface area contributed by atoms with Crippen LogP contribution in [-0.4, -0.2) is 12.5 Å². The van der Waals surface area contributed by atoms with Crippen LogP contribution in [0.15, 0.2) is 48.5 Å². The van der Waals surface area contributed by atoms with E-state index in [4.69, 9.17) is 22.1 Å². The highest BCUT2D eigenvalue weighted by atomic mass is 35.5. The number of carbonyl (C=O) groups is 1. The average Bonchev–Trinajstić information content (AvgIpc) is 2.52. The second-order valence-corrected chi connectivity index (χ2v) is 5.46. The molecule has 4 nitrogen and oxygen atoms in total. The van der Waals surface area contributed by atoms with E-state index in [-0.39, 0.29) is 12.6 Å². The summed E-state index contributed by atoms with van der Waals surface area (Å²) in [7, 11) is 0. The van der Waals surface area contributed by atoms with Gasteiger partial charge in [0.1, 0.15) is 5.75 Å². The third-order valence-electron chi connectivity index (χ3n) is 3.29. The molecule has 0 saturated heterocycles. The Morgan fingerprint density at radius 2 is 2.00 bits per heavy atom. The van der Waals surface area contributed by atoms with Crippen LogP contribution in [0, 0.1) is 0 Å². The summed E-state index contributed by atoms with van der Waals surface area (Å²) in [5.41, 5.74) is 7.20. The van der Waals surface area contributed by atoms with Gasteiger partial charge in [-0.05, 0) is 30.7 Å². The number of benzene rings is 2. The van der Waals surface area contributed by atoms with Crippen molar-refractivity contribution in [2.24, 2.45) is 5.73 Å². The summed E-state index contributed by atoms with van der Waals surface area (Å²) in [4.78, 5) is 10.9. The fraction of sp³-hybridized carbons (Fsp3) is 0.235. The minimum absolute atomic E-state index is 0.150. The van der Waals surface area contributed by atoms with Gasteiger partial charge in [0, 0.05) is 23.2 Å². The number of hydrogen-bond donors (Lipinski definition) is 2. The Kier molecular flexibility index (Phi) is 5.81. The minimum atomic E-state index is -0.508. The van der Waals surface area contributed by atoms with Crippen molar-refractivity contribution in [3.05, 3.63) is 64.7 Å². The quantitative estimate of drug-likeness (QED) is 0.824. The molecule has 0 fully saturated rings. The van der Waals surface area contributed by atoms with Crippen LogP contribution in [0.25, 0.3) is 0 Å². The second kappa shape index (κ2) is 7.82. The van der Waals surface area contributed by atoms with Gasteiger partial charge in [-0.1, -0.05) is 41.9 Å². The molecule has 0 aromatic heterocycles. The Balaban J connectivity index is 2.04. The molecule has 3 N–H and O–H groups in total. The predicted molar refractivity (Wildman–Crippen MR) is 87.8 cm³/mol. The molecule has 1 amide bonds. The number of hydrogen-bond acceptors (Lipinski definition) is 3. The monoisotopic (exact) mass is 318 g/mol. The number of amides is 1. The molecule has 1 atom stereocenters. The maximum Gasteiger partial charge on any atom is 0.255 e. The lowest BCUT2D eigenvalue weighted by Crippen LogP contribution is -2.22. The Hall–Kier alpha value is -2.04. The number of rotatable bonds is 7. The van der Waals surface area contributed by atoms with Gasteiger partial charge in [-0.25, -0.2) is 0 Å². The van der Waals surface area contributed by atoms with Gasteiger partial charge < -0.3 is 15.8 Å². The van der Waals surface area contributed by atoms with Gasteiger partial charge in [0.2, 0.25) is 0 Å². The first-order valence-corrected chi connectivity index (χ1v) is 7.42. The number of primary amides is 1. The van der Waals surface area contributed by atoms with Crippen molar-refractivity contribution in [1.82, 2.24) is 5.32 Å². The molecule has 0 aliphatic rings. The molecular weight excluding hydrogens is 300 g/mol. The van der Waals surface area contributed by atoms with E-state index in [1.807, 2.05) is 24.3 Å². The lowest BCUT2D eigenvalue weighted by molar-refractivity contribution is -0.119. The van der Waals surface area contributed by atoms with Crippen molar-refractivity contribution in [1.29, 1.82) is 0 Å². The van der Waals surface area contributed by atoms with Crippen molar-refractivity contribution < 1.29 is 9.53 Å². The zero-order valence-electron chi connectivity index (χ0n) is 12.4. The van der Waals surface area contributed by atoms with Crippen LogP contribution in [0.1, 0.15) is 24.1 Å². The lowest BCUT2D eigenvalue weighted by Gasteiger charge is -2.16. The van der Waals surface area contributed by atoms with Crippen LogP contribution >= 0.6 is 11.6 Å². The van der Waals surface area contributed by atoms with Gasteiger partial charge in [0.05, 0.1) is 0 Å². The highest BCUT2D eigenvalue weighted by Crippen LogP contribution is 2.24. The summed E-state index contributed by atoms with van der Waals surface area (Å²) in [6.07, 6.45) is 0. The molecule has 0 heterocycles. The van der Waals surface area contributed by atoms with Gasteiger partial charge in [0.25, 0.3) is 5.91 Å². The highest BCUT2D eigenvalue weighted by molar-refractivity contribution is 6.30. The molecule has 116 valence electrons. The molecule has 22 heavy (non-hydrogen) atoms. The maximum atomic E-state index is 10.9. The standard InChI is InChI=1S/C17H19ClN2O2/c1-12(13-5-3-2-4-6-13)20-10-14-9-15(18)7-8-16(14)22-11-17(19)21/h2-9,12,20H,10-11H2,1H3,(H2,19,21)/t12-/m0/s1. The SMILES string of the molecule is C[C@H](NCc1cc(Cl)ccc1OCC(N)=O)c1ccccc1. The minimum Gasteiger partial charge on any atom is -0.483 e. The van der Waals surface area contributed by atoms with E-state index in [9.17, 15) is 4.79 Å². The first-order chi connectivity index (χ1) is 10.6. The third kappa shape index (κ3) is 4.76. The van der Waals surface area contributed by atoms with Crippen LogP contribution in [-0.2, 0) is 11.3 Å². The normalized spacial score (nSPS) is 11.9.